The summed E-state index contributed by atoms with van der Waals surface area (Å²) in [5.74, 6) is -1.55. The predicted molar refractivity (Wildman–Crippen MR) is 132 cm³/mol. The Labute approximate surface area is 205 Å². The number of amides is 2. The molecule has 1 aromatic heterocycles. The quantitative estimate of drug-likeness (QED) is 0.201. The van der Waals surface area contributed by atoms with Gasteiger partial charge in [0.2, 0.25) is 23.5 Å². The van der Waals surface area contributed by atoms with Crippen LogP contribution in [0.5, 0.6) is 0 Å². The molecule has 0 aliphatic rings. The molecule has 3 rings (SSSR count). The SMILES string of the molecule is C=CC[C@@H](C(=O)NO)[C@@H](CC(C)C)C(=O)N[C@@H](Cc1ccccc1)c1nc(-c2ccccc2)no1. The summed E-state index contributed by atoms with van der Waals surface area (Å²) in [5, 5.41) is 16.4. The molecule has 3 N–H and O–H groups in total. The van der Waals surface area contributed by atoms with Crippen LogP contribution in [0.3, 0.4) is 0 Å². The Morgan fingerprint density at radius 2 is 1.69 bits per heavy atom. The largest absolute Gasteiger partial charge is 0.344 e. The van der Waals surface area contributed by atoms with E-state index in [4.69, 9.17) is 4.52 Å². The average Bonchev–Trinajstić information content (AvgIpc) is 3.36. The lowest BCUT2D eigenvalue weighted by Gasteiger charge is -2.27. The molecule has 0 spiro atoms. The van der Waals surface area contributed by atoms with Crippen LogP contribution < -0.4 is 10.8 Å². The molecule has 184 valence electrons. The van der Waals surface area contributed by atoms with Crippen LogP contribution in [0.2, 0.25) is 0 Å². The van der Waals surface area contributed by atoms with E-state index in [0.29, 0.717) is 18.7 Å². The van der Waals surface area contributed by atoms with E-state index in [1.165, 1.54) is 0 Å². The third-order valence-electron chi connectivity index (χ3n) is 5.79. The van der Waals surface area contributed by atoms with Crippen LogP contribution in [-0.4, -0.2) is 27.2 Å². The molecule has 2 amide bonds. The summed E-state index contributed by atoms with van der Waals surface area (Å²) in [5.41, 5.74) is 3.48. The van der Waals surface area contributed by atoms with E-state index in [2.05, 4.69) is 22.0 Å². The number of hydroxylamine groups is 1. The molecular weight excluding hydrogens is 444 g/mol. The number of nitrogens with one attached hydrogen (secondary N) is 2. The number of carbonyl (C=O) groups is 2. The van der Waals surface area contributed by atoms with Gasteiger partial charge in [-0.15, -0.1) is 6.58 Å². The third kappa shape index (κ3) is 7.10. The molecule has 0 saturated carbocycles. The average molecular weight is 477 g/mol. The second kappa shape index (κ2) is 12.6. The van der Waals surface area contributed by atoms with Gasteiger partial charge >= 0.3 is 0 Å². The maximum absolute atomic E-state index is 13.6. The van der Waals surface area contributed by atoms with Crippen molar-refractivity contribution in [2.75, 3.05) is 0 Å². The van der Waals surface area contributed by atoms with Crippen molar-refractivity contribution in [3.05, 3.63) is 84.8 Å². The second-order valence-corrected chi connectivity index (χ2v) is 8.92. The number of hydrogen-bond acceptors (Lipinski definition) is 6. The van der Waals surface area contributed by atoms with Crippen molar-refractivity contribution in [1.29, 1.82) is 0 Å². The van der Waals surface area contributed by atoms with Crippen LogP contribution in [0, 0.1) is 17.8 Å². The fourth-order valence-corrected chi connectivity index (χ4v) is 4.09. The van der Waals surface area contributed by atoms with Gasteiger partial charge in [0.05, 0.1) is 11.8 Å². The fourth-order valence-electron chi connectivity index (χ4n) is 4.09. The number of carbonyl (C=O) groups excluding carboxylic acids is 2. The number of rotatable bonds is 12. The van der Waals surface area contributed by atoms with Crippen molar-refractivity contribution >= 4 is 11.8 Å². The Hall–Kier alpha value is -3.78. The van der Waals surface area contributed by atoms with Crippen LogP contribution in [-0.2, 0) is 16.0 Å². The highest BCUT2D eigenvalue weighted by molar-refractivity contribution is 5.87. The zero-order valence-corrected chi connectivity index (χ0v) is 20.1. The van der Waals surface area contributed by atoms with Crippen LogP contribution in [0.1, 0.15) is 44.2 Å². The summed E-state index contributed by atoms with van der Waals surface area (Å²) in [7, 11) is 0. The van der Waals surface area contributed by atoms with E-state index in [-0.39, 0.29) is 24.1 Å². The number of hydrogen-bond donors (Lipinski definition) is 3. The summed E-state index contributed by atoms with van der Waals surface area (Å²) in [4.78, 5) is 30.5. The molecule has 0 unspecified atom stereocenters. The molecular formula is C27H32N4O4. The lowest BCUT2D eigenvalue weighted by molar-refractivity contribution is -0.141. The molecule has 35 heavy (non-hydrogen) atoms. The highest BCUT2D eigenvalue weighted by Crippen LogP contribution is 2.27. The topological polar surface area (TPSA) is 117 Å². The maximum Gasteiger partial charge on any atom is 0.249 e. The van der Waals surface area contributed by atoms with E-state index < -0.39 is 23.8 Å². The zero-order chi connectivity index (χ0) is 25.2. The zero-order valence-electron chi connectivity index (χ0n) is 20.1. The van der Waals surface area contributed by atoms with Gasteiger partial charge < -0.3 is 9.84 Å². The molecule has 1 heterocycles. The molecule has 8 nitrogen and oxygen atoms in total. The van der Waals surface area contributed by atoms with Crippen LogP contribution >= 0.6 is 0 Å². The van der Waals surface area contributed by atoms with Gasteiger partial charge in [-0.05, 0) is 24.3 Å². The molecule has 0 bridgehead atoms. The van der Waals surface area contributed by atoms with Crippen molar-refractivity contribution in [3.8, 4) is 11.4 Å². The lowest BCUT2D eigenvalue weighted by atomic mass is 9.82. The molecule has 0 aliphatic heterocycles. The predicted octanol–water partition coefficient (Wildman–Crippen LogP) is 4.50. The Bertz CT molecular complexity index is 1100. The highest BCUT2D eigenvalue weighted by Gasteiger charge is 2.35. The Morgan fingerprint density at radius 3 is 2.29 bits per heavy atom. The van der Waals surface area contributed by atoms with Gasteiger partial charge in [0.25, 0.3) is 0 Å². The normalized spacial score (nSPS) is 13.6. The molecule has 0 aliphatic carbocycles. The molecule has 0 saturated heterocycles. The van der Waals surface area contributed by atoms with Crippen molar-refractivity contribution in [3.63, 3.8) is 0 Å². The second-order valence-electron chi connectivity index (χ2n) is 8.92. The van der Waals surface area contributed by atoms with E-state index in [1.807, 2.05) is 74.5 Å². The number of aromatic nitrogens is 2. The lowest BCUT2D eigenvalue weighted by Crippen LogP contribution is -2.43. The summed E-state index contributed by atoms with van der Waals surface area (Å²) < 4.78 is 5.58. The van der Waals surface area contributed by atoms with Crippen molar-refractivity contribution in [2.24, 2.45) is 17.8 Å². The van der Waals surface area contributed by atoms with Gasteiger partial charge in [0.15, 0.2) is 0 Å². The van der Waals surface area contributed by atoms with Gasteiger partial charge in [0.1, 0.15) is 6.04 Å². The smallest absolute Gasteiger partial charge is 0.249 e. The molecule has 2 aromatic carbocycles. The van der Waals surface area contributed by atoms with E-state index in [1.54, 1.807) is 11.6 Å². The minimum Gasteiger partial charge on any atom is -0.344 e. The Balaban J connectivity index is 1.91. The number of nitrogens with zero attached hydrogens (tertiary/aromatic N) is 2. The van der Waals surface area contributed by atoms with Gasteiger partial charge in [-0.1, -0.05) is 85.7 Å². The first-order chi connectivity index (χ1) is 16.9. The summed E-state index contributed by atoms with van der Waals surface area (Å²) in [6.45, 7) is 7.67. The van der Waals surface area contributed by atoms with Gasteiger partial charge in [-0.25, -0.2) is 5.48 Å². The first-order valence-corrected chi connectivity index (χ1v) is 11.7. The first-order valence-electron chi connectivity index (χ1n) is 11.7. The Kier molecular flexibility index (Phi) is 9.31. The van der Waals surface area contributed by atoms with Gasteiger partial charge in [-0.3, -0.25) is 14.8 Å². The van der Waals surface area contributed by atoms with Gasteiger partial charge in [0, 0.05) is 12.0 Å². The molecule has 3 atom stereocenters. The minimum absolute atomic E-state index is 0.144. The summed E-state index contributed by atoms with van der Waals surface area (Å²) in [6, 6.07) is 18.5. The van der Waals surface area contributed by atoms with Crippen molar-refractivity contribution in [1.82, 2.24) is 20.9 Å². The molecule has 0 fully saturated rings. The van der Waals surface area contributed by atoms with E-state index in [0.717, 1.165) is 11.1 Å². The first kappa shape index (κ1) is 25.8. The number of benzene rings is 2. The third-order valence-corrected chi connectivity index (χ3v) is 5.79. The molecule has 0 radical (unpaired) electrons. The fraction of sp³-hybridized carbons (Fsp3) is 0.333. The minimum atomic E-state index is -0.764. The van der Waals surface area contributed by atoms with E-state index >= 15 is 0 Å². The van der Waals surface area contributed by atoms with Crippen LogP contribution in [0.25, 0.3) is 11.4 Å². The summed E-state index contributed by atoms with van der Waals surface area (Å²) >= 11 is 0. The Morgan fingerprint density at radius 1 is 1.03 bits per heavy atom. The van der Waals surface area contributed by atoms with Crippen molar-refractivity contribution in [2.45, 2.75) is 39.2 Å². The van der Waals surface area contributed by atoms with Crippen molar-refractivity contribution < 1.29 is 19.3 Å². The van der Waals surface area contributed by atoms with Gasteiger partial charge in [-0.2, -0.15) is 4.98 Å². The molecule has 3 aromatic rings. The van der Waals surface area contributed by atoms with E-state index in [9.17, 15) is 14.8 Å². The highest BCUT2D eigenvalue weighted by atomic mass is 16.5. The summed E-state index contributed by atoms with van der Waals surface area (Å²) in [6.07, 6.45) is 2.70. The standard InChI is InChI=1S/C27H32N4O4/c1-4-11-21(26(33)30-34)22(16-18(2)3)25(32)28-23(17-19-12-7-5-8-13-19)27-29-24(31-35-27)20-14-9-6-10-15-20/h4-10,12-15,18,21-23,34H,1,11,16-17H2,2-3H3,(H,28,32)(H,30,33)/t21-,22-,23+/m1/s1. The maximum atomic E-state index is 13.6. The molecule has 8 heteroatoms. The monoisotopic (exact) mass is 476 g/mol. The van der Waals surface area contributed by atoms with Crippen LogP contribution in [0.15, 0.2) is 77.8 Å². The van der Waals surface area contributed by atoms with Crippen LogP contribution in [0.4, 0.5) is 0 Å². The number of allylic oxidation sites excluding steroid dienone is 1.